The van der Waals surface area contributed by atoms with Gasteiger partial charge in [-0.05, 0) is 50.7 Å². The zero-order valence-electron chi connectivity index (χ0n) is 13.7. The van der Waals surface area contributed by atoms with Crippen molar-refractivity contribution in [3.63, 3.8) is 0 Å². The largest absolute Gasteiger partial charge is 0.303 e. The summed E-state index contributed by atoms with van der Waals surface area (Å²) in [6.45, 7) is 15.1. The van der Waals surface area contributed by atoms with Crippen molar-refractivity contribution in [3.8, 4) is 0 Å². The maximum atomic E-state index is 2.68. The van der Waals surface area contributed by atoms with Gasteiger partial charge in [-0.25, -0.2) is 0 Å². The molecular weight excluding hydrogens is 218 g/mol. The lowest BCUT2D eigenvalue weighted by atomic mass is 9.94. The van der Waals surface area contributed by atoms with Crippen molar-refractivity contribution < 1.29 is 0 Å². The predicted molar refractivity (Wildman–Crippen MR) is 84.1 cm³/mol. The molecule has 0 radical (unpaired) electrons. The van der Waals surface area contributed by atoms with E-state index in [1.807, 2.05) is 13.8 Å². The summed E-state index contributed by atoms with van der Waals surface area (Å²) in [4.78, 5) is 2.68. The van der Waals surface area contributed by atoms with Gasteiger partial charge >= 0.3 is 0 Å². The lowest BCUT2D eigenvalue weighted by Gasteiger charge is -2.31. The van der Waals surface area contributed by atoms with Crippen LogP contribution in [0.2, 0.25) is 0 Å². The Labute approximate surface area is 116 Å². The van der Waals surface area contributed by atoms with Crippen molar-refractivity contribution in [1.82, 2.24) is 4.90 Å². The van der Waals surface area contributed by atoms with E-state index in [9.17, 15) is 0 Å². The highest BCUT2D eigenvalue weighted by molar-refractivity contribution is 4.71. The number of hydrogen-bond acceptors (Lipinski definition) is 1. The first-order valence-electron chi connectivity index (χ1n) is 8.44. The minimum atomic E-state index is 0.889. The number of nitrogens with zero attached hydrogens (tertiary/aromatic N) is 1. The Balaban J connectivity index is 0.00000137. The first-order chi connectivity index (χ1) is 8.72. The van der Waals surface area contributed by atoms with E-state index in [0.29, 0.717) is 0 Å². The van der Waals surface area contributed by atoms with Crippen LogP contribution < -0.4 is 0 Å². The summed E-state index contributed by atoms with van der Waals surface area (Å²) in [5, 5.41) is 0. The molecule has 1 heteroatoms. The smallest absolute Gasteiger partial charge is 0.00161 e. The number of rotatable bonds is 7. The van der Waals surface area contributed by atoms with Gasteiger partial charge in [-0.2, -0.15) is 0 Å². The van der Waals surface area contributed by atoms with Crippen molar-refractivity contribution in [1.29, 1.82) is 0 Å². The fourth-order valence-corrected chi connectivity index (χ4v) is 2.68. The Hall–Kier alpha value is -0.0400. The molecule has 1 heterocycles. The highest BCUT2D eigenvalue weighted by atomic mass is 15.1. The second kappa shape index (κ2) is 12.0. The van der Waals surface area contributed by atoms with Gasteiger partial charge in [0.25, 0.3) is 0 Å². The van der Waals surface area contributed by atoms with Crippen LogP contribution in [0.5, 0.6) is 0 Å². The van der Waals surface area contributed by atoms with Crippen LogP contribution in [-0.4, -0.2) is 24.5 Å². The number of hydrogen-bond donors (Lipinski definition) is 0. The molecule has 1 fully saturated rings. The third-order valence-electron chi connectivity index (χ3n) is 4.04. The van der Waals surface area contributed by atoms with E-state index in [4.69, 9.17) is 0 Å². The van der Waals surface area contributed by atoms with E-state index in [1.165, 1.54) is 64.6 Å². The van der Waals surface area contributed by atoms with E-state index in [1.54, 1.807) is 0 Å². The minimum absolute atomic E-state index is 0.889. The molecule has 0 amide bonds. The maximum Gasteiger partial charge on any atom is -0.00161 e. The summed E-state index contributed by atoms with van der Waals surface area (Å²) in [6, 6.07) is 0. The van der Waals surface area contributed by atoms with Crippen LogP contribution in [0.25, 0.3) is 0 Å². The molecule has 0 bridgehead atoms. The fourth-order valence-electron chi connectivity index (χ4n) is 2.68. The van der Waals surface area contributed by atoms with Crippen LogP contribution >= 0.6 is 0 Å². The van der Waals surface area contributed by atoms with Crippen LogP contribution in [0, 0.1) is 11.8 Å². The Morgan fingerprint density at radius 3 is 2.11 bits per heavy atom. The van der Waals surface area contributed by atoms with Crippen molar-refractivity contribution in [2.45, 2.75) is 79.6 Å². The van der Waals surface area contributed by atoms with Crippen molar-refractivity contribution in [3.05, 3.63) is 0 Å². The summed E-state index contributed by atoms with van der Waals surface area (Å²) in [7, 11) is 0. The molecule has 1 aliphatic heterocycles. The van der Waals surface area contributed by atoms with Crippen molar-refractivity contribution >= 4 is 0 Å². The SMILES string of the molecule is CC.CCC1CCN(CCCCCC(C)C)CC1. The monoisotopic (exact) mass is 255 g/mol. The second-order valence-electron chi connectivity index (χ2n) is 5.94. The van der Waals surface area contributed by atoms with E-state index in [2.05, 4.69) is 25.7 Å². The average Bonchev–Trinajstić information content (AvgIpc) is 2.41. The van der Waals surface area contributed by atoms with Gasteiger partial charge in [-0.15, -0.1) is 0 Å². The Morgan fingerprint density at radius 2 is 1.61 bits per heavy atom. The molecule has 1 saturated heterocycles. The third kappa shape index (κ3) is 8.97. The molecule has 0 unspecified atom stereocenters. The van der Waals surface area contributed by atoms with Gasteiger partial charge < -0.3 is 4.90 Å². The number of piperidine rings is 1. The highest BCUT2D eigenvalue weighted by Gasteiger charge is 2.16. The first kappa shape index (κ1) is 18.0. The lowest BCUT2D eigenvalue weighted by Crippen LogP contribution is -2.34. The second-order valence-corrected chi connectivity index (χ2v) is 5.94. The molecule has 0 N–H and O–H groups in total. The molecule has 110 valence electrons. The van der Waals surface area contributed by atoms with Crippen molar-refractivity contribution in [2.75, 3.05) is 19.6 Å². The topological polar surface area (TPSA) is 3.24 Å². The summed E-state index contributed by atoms with van der Waals surface area (Å²) in [5.41, 5.74) is 0. The van der Waals surface area contributed by atoms with Gasteiger partial charge in [-0.3, -0.25) is 0 Å². The van der Waals surface area contributed by atoms with Gasteiger partial charge in [-0.1, -0.05) is 60.3 Å². The van der Waals surface area contributed by atoms with Gasteiger partial charge in [0.2, 0.25) is 0 Å². The van der Waals surface area contributed by atoms with Gasteiger partial charge in [0.05, 0.1) is 0 Å². The zero-order valence-corrected chi connectivity index (χ0v) is 13.7. The van der Waals surface area contributed by atoms with E-state index < -0.39 is 0 Å². The van der Waals surface area contributed by atoms with E-state index >= 15 is 0 Å². The fraction of sp³-hybridized carbons (Fsp3) is 1.00. The number of likely N-dealkylation sites (tertiary alicyclic amines) is 1. The lowest BCUT2D eigenvalue weighted by molar-refractivity contribution is 0.178. The molecule has 0 aromatic carbocycles. The van der Waals surface area contributed by atoms with Gasteiger partial charge in [0.1, 0.15) is 0 Å². The van der Waals surface area contributed by atoms with Crippen LogP contribution in [0.3, 0.4) is 0 Å². The molecule has 0 atom stereocenters. The summed E-state index contributed by atoms with van der Waals surface area (Å²) < 4.78 is 0. The standard InChI is InChI=1S/C15H31N.C2H6/c1-4-15-9-12-16(13-10-15)11-7-5-6-8-14(2)3;1-2/h14-15H,4-13H2,1-3H3;1-2H3. The Morgan fingerprint density at radius 1 is 1.00 bits per heavy atom. The summed E-state index contributed by atoms with van der Waals surface area (Å²) in [6.07, 6.45) is 9.99. The maximum absolute atomic E-state index is 2.68. The molecule has 1 aliphatic rings. The minimum Gasteiger partial charge on any atom is -0.303 e. The molecule has 0 spiro atoms. The van der Waals surface area contributed by atoms with Crippen LogP contribution in [0.1, 0.15) is 79.6 Å². The normalized spacial score (nSPS) is 17.7. The molecule has 0 aromatic heterocycles. The van der Waals surface area contributed by atoms with Gasteiger partial charge in [0.15, 0.2) is 0 Å². The van der Waals surface area contributed by atoms with E-state index in [-0.39, 0.29) is 0 Å². The third-order valence-corrected chi connectivity index (χ3v) is 4.04. The van der Waals surface area contributed by atoms with Gasteiger partial charge in [0, 0.05) is 0 Å². The average molecular weight is 255 g/mol. The quantitative estimate of drug-likeness (QED) is 0.554. The molecule has 0 saturated carbocycles. The summed E-state index contributed by atoms with van der Waals surface area (Å²) >= 11 is 0. The van der Waals surface area contributed by atoms with Crippen LogP contribution in [0.15, 0.2) is 0 Å². The zero-order chi connectivity index (χ0) is 13.8. The van der Waals surface area contributed by atoms with Crippen LogP contribution in [0.4, 0.5) is 0 Å². The highest BCUT2D eigenvalue weighted by Crippen LogP contribution is 2.20. The number of unbranched alkanes of at least 4 members (excludes halogenated alkanes) is 2. The Kier molecular flexibility index (Phi) is 12.0. The van der Waals surface area contributed by atoms with Crippen molar-refractivity contribution in [2.24, 2.45) is 11.8 Å². The predicted octanol–water partition coefficient (Wildman–Crippen LogP) is 5.35. The molecule has 0 aliphatic carbocycles. The first-order valence-corrected chi connectivity index (χ1v) is 8.44. The van der Waals surface area contributed by atoms with Crippen LogP contribution in [-0.2, 0) is 0 Å². The molecule has 1 rings (SSSR count). The summed E-state index contributed by atoms with van der Waals surface area (Å²) in [5.74, 6) is 1.91. The van der Waals surface area contributed by atoms with E-state index in [0.717, 1.165) is 11.8 Å². The Bertz CT molecular complexity index is 157. The molecular formula is C17H37N. The molecule has 0 aromatic rings. The molecule has 1 nitrogen and oxygen atoms in total. The molecule has 18 heavy (non-hydrogen) atoms.